The van der Waals surface area contributed by atoms with Crippen molar-refractivity contribution in [3.8, 4) is 5.75 Å². The standard InChI is InChI=1S/C14H19N3O2/c1-9-5-6-14(12(7-9)10(2)15-4)18-8-13-11(3)16-19-17-13/h5-7,10,15H,8H2,1-4H3. The van der Waals surface area contributed by atoms with E-state index in [1.165, 1.54) is 5.56 Å². The molecule has 2 rings (SSSR count). The monoisotopic (exact) mass is 261 g/mol. The van der Waals surface area contributed by atoms with Crippen LogP contribution in [0, 0.1) is 13.8 Å². The van der Waals surface area contributed by atoms with Crippen LogP contribution in [0.25, 0.3) is 0 Å². The minimum absolute atomic E-state index is 0.228. The molecule has 19 heavy (non-hydrogen) atoms. The van der Waals surface area contributed by atoms with Crippen LogP contribution in [0.5, 0.6) is 5.75 Å². The van der Waals surface area contributed by atoms with Crippen LogP contribution in [0.1, 0.15) is 35.5 Å². The topological polar surface area (TPSA) is 60.2 Å². The van der Waals surface area contributed by atoms with Gasteiger partial charge in [-0.05, 0) is 33.9 Å². The normalized spacial score (nSPS) is 12.4. The Morgan fingerprint density at radius 2 is 2.11 bits per heavy atom. The zero-order valence-electron chi connectivity index (χ0n) is 11.7. The second kappa shape index (κ2) is 5.84. The minimum Gasteiger partial charge on any atom is -0.487 e. The summed E-state index contributed by atoms with van der Waals surface area (Å²) < 4.78 is 10.5. The number of nitrogens with one attached hydrogen (secondary N) is 1. The van der Waals surface area contributed by atoms with E-state index >= 15 is 0 Å². The lowest BCUT2D eigenvalue weighted by atomic mass is 10.0. The van der Waals surface area contributed by atoms with Crippen LogP contribution >= 0.6 is 0 Å². The average Bonchev–Trinajstić information content (AvgIpc) is 2.82. The maximum absolute atomic E-state index is 5.84. The molecule has 1 atom stereocenters. The van der Waals surface area contributed by atoms with E-state index in [0.717, 1.165) is 22.7 Å². The van der Waals surface area contributed by atoms with E-state index in [9.17, 15) is 0 Å². The van der Waals surface area contributed by atoms with Gasteiger partial charge in [0.2, 0.25) is 0 Å². The predicted octanol–water partition coefficient (Wildman–Crippen LogP) is 2.55. The highest BCUT2D eigenvalue weighted by Crippen LogP contribution is 2.26. The molecule has 0 aliphatic heterocycles. The van der Waals surface area contributed by atoms with Gasteiger partial charge in [-0.2, -0.15) is 0 Å². The zero-order chi connectivity index (χ0) is 13.8. The molecule has 0 aliphatic carbocycles. The Morgan fingerprint density at radius 3 is 2.74 bits per heavy atom. The van der Waals surface area contributed by atoms with Crippen LogP contribution in [0.4, 0.5) is 0 Å². The Hall–Kier alpha value is -1.88. The molecule has 0 aliphatic rings. The Bertz CT molecular complexity index is 551. The second-order valence-electron chi connectivity index (χ2n) is 4.64. The van der Waals surface area contributed by atoms with Gasteiger partial charge in [0.1, 0.15) is 23.7 Å². The van der Waals surface area contributed by atoms with Gasteiger partial charge in [-0.25, -0.2) is 4.63 Å². The van der Waals surface area contributed by atoms with Gasteiger partial charge in [-0.3, -0.25) is 0 Å². The first-order valence-electron chi connectivity index (χ1n) is 6.30. The first kappa shape index (κ1) is 13.5. The van der Waals surface area contributed by atoms with Gasteiger partial charge in [0, 0.05) is 11.6 Å². The fraction of sp³-hybridized carbons (Fsp3) is 0.429. The van der Waals surface area contributed by atoms with E-state index in [0.29, 0.717) is 6.61 Å². The van der Waals surface area contributed by atoms with Crippen LogP contribution in [-0.2, 0) is 6.61 Å². The Labute approximate surface area is 112 Å². The first-order chi connectivity index (χ1) is 9.11. The molecular formula is C14H19N3O2. The van der Waals surface area contributed by atoms with Crippen molar-refractivity contribution in [3.05, 3.63) is 40.7 Å². The summed E-state index contributed by atoms with van der Waals surface area (Å²) in [7, 11) is 1.93. The van der Waals surface area contributed by atoms with E-state index in [2.05, 4.69) is 40.2 Å². The van der Waals surface area contributed by atoms with Crippen molar-refractivity contribution < 1.29 is 9.37 Å². The summed E-state index contributed by atoms with van der Waals surface area (Å²) in [6.45, 7) is 6.38. The molecule has 0 saturated heterocycles. The molecule has 1 aromatic heterocycles. The highest BCUT2D eigenvalue weighted by molar-refractivity contribution is 5.39. The molecule has 2 aromatic rings. The third-order valence-corrected chi connectivity index (χ3v) is 3.18. The Balaban J connectivity index is 2.18. The second-order valence-corrected chi connectivity index (χ2v) is 4.64. The van der Waals surface area contributed by atoms with Crippen LogP contribution in [-0.4, -0.2) is 17.4 Å². The molecule has 1 N–H and O–H groups in total. The quantitative estimate of drug-likeness (QED) is 0.896. The lowest BCUT2D eigenvalue weighted by Gasteiger charge is -2.16. The highest BCUT2D eigenvalue weighted by atomic mass is 16.6. The number of aromatic nitrogens is 2. The molecule has 0 radical (unpaired) electrons. The summed E-state index contributed by atoms with van der Waals surface area (Å²) in [6.07, 6.45) is 0. The van der Waals surface area contributed by atoms with Gasteiger partial charge in [-0.15, -0.1) is 0 Å². The highest BCUT2D eigenvalue weighted by Gasteiger charge is 2.12. The molecular weight excluding hydrogens is 242 g/mol. The number of benzene rings is 1. The molecule has 1 unspecified atom stereocenters. The summed E-state index contributed by atoms with van der Waals surface area (Å²) in [5.74, 6) is 0.856. The van der Waals surface area contributed by atoms with Crippen molar-refractivity contribution in [2.45, 2.75) is 33.4 Å². The van der Waals surface area contributed by atoms with Gasteiger partial charge in [0.05, 0.1) is 0 Å². The van der Waals surface area contributed by atoms with Crippen molar-refractivity contribution in [1.29, 1.82) is 0 Å². The van der Waals surface area contributed by atoms with Crippen molar-refractivity contribution in [1.82, 2.24) is 15.6 Å². The fourth-order valence-corrected chi connectivity index (χ4v) is 1.82. The van der Waals surface area contributed by atoms with E-state index < -0.39 is 0 Å². The lowest BCUT2D eigenvalue weighted by Crippen LogP contribution is -2.14. The third-order valence-electron chi connectivity index (χ3n) is 3.18. The molecule has 0 spiro atoms. The number of aryl methyl sites for hydroxylation is 2. The number of hydrogen-bond acceptors (Lipinski definition) is 5. The molecule has 0 amide bonds. The lowest BCUT2D eigenvalue weighted by molar-refractivity contribution is 0.267. The summed E-state index contributed by atoms with van der Waals surface area (Å²) in [5.41, 5.74) is 3.83. The Morgan fingerprint density at radius 1 is 1.32 bits per heavy atom. The summed E-state index contributed by atoms with van der Waals surface area (Å²) in [5, 5.41) is 10.8. The maximum atomic E-state index is 5.84. The molecule has 102 valence electrons. The summed E-state index contributed by atoms with van der Waals surface area (Å²) in [6, 6.07) is 6.38. The molecule has 5 heteroatoms. The molecule has 0 saturated carbocycles. The predicted molar refractivity (Wildman–Crippen MR) is 72.0 cm³/mol. The van der Waals surface area contributed by atoms with Crippen LogP contribution < -0.4 is 10.1 Å². The van der Waals surface area contributed by atoms with E-state index in [4.69, 9.17) is 4.74 Å². The number of hydrogen-bond donors (Lipinski definition) is 1. The van der Waals surface area contributed by atoms with Crippen LogP contribution in [0.15, 0.2) is 22.8 Å². The fourth-order valence-electron chi connectivity index (χ4n) is 1.82. The number of rotatable bonds is 5. The number of ether oxygens (including phenoxy) is 1. The van der Waals surface area contributed by atoms with Gasteiger partial charge in [0.15, 0.2) is 0 Å². The van der Waals surface area contributed by atoms with Crippen LogP contribution in [0.2, 0.25) is 0 Å². The van der Waals surface area contributed by atoms with E-state index in [1.807, 2.05) is 26.1 Å². The van der Waals surface area contributed by atoms with Crippen molar-refractivity contribution >= 4 is 0 Å². The number of nitrogens with zero attached hydrogens (tertiary/aromatic N) is 2. The minimum atomic E-state index is 0.228. The average molecular weight is 261 g/mol. The largest absolute Gasteiger partial charge is 0.487 e. The maximum Gasteiger partial charge on any atom is 0.145 e. The SMILES string of the molecule is CNC(C)c1cc(C)ccc1OCc1nonc1C. The van der Waals surface area contributed by atoms with Crippen molar-refractivity contribution in [3.63, 3.8) is 0 Å². The molecule has 5 nitrogen and oxygen atoms in total. The van der Waals surface area contributed by atoms with E-state index in [1.54, 1.807) is 0 Å². The van der Waals surface area contributed by atoms with Gasteiger partial charge >= 0.3 is 0 Å². The van der Waals surface area contributed by atoms with E-state index in [-0.39, 0.29) is 6.04 Å². The van der Waals surface area contributed by atoms with Crippen LogP contribution in [0.3, 0.4) is 0 Å². The van der Waals surface area contributed by atoms with Gasteiger partial charge in [-0.1, -0.05) is 28.0 Å². The molecule has 1 heterocycles. The van der Waals surface area contributed by atoms with Gasteiger partial charge < -0.3 is 10.1 Å². The van der Waals surface area contributed by atoms with Crippen molar-refractivity contribution in [2.24, 2.45) is 0 Å². The summed E-state index contributed by atoms with van der Waals surface area (Å²) >= 11 is 0. The van der Waals surface area contributed by atoms with Gasteiger partial charge in [0.25, 0.3) is 0 Å². The molecule has 0 fully saturated rings. The Kier molecular flexibility index (Phi) is 4.16. The smallest absolute Gasteiger partial charge is 0.145 e. The van der Waals surface area contributed by atoms with Crippen molar-refractivity contribution in [2.75, 3.05) is 7.05 Å². The molecule has 1 aromatic carbocycles. The summed E-state index contributed by atoms with van der Waals surface area (Å²) in [4.78, 5) is 0. The zero-order valence-corrected chi connectivity index (χ0v) is 11.7. The third kappa shape index (κ3) is 3.12. The first-order valence-corrected chi connectivity index (χ1v) is 6.30. The molecule has 0 bridgehead atoms.